The SMILES string of the molecule is C1=Cc2c(n(-c3ccc(-c4ccc(-c5cc(-c6ccccn6)nc(-c6ccccc6)n5)cc4)cc3)c3ccccc23)CC1. The molecule has 0 spiro atoms. The van der Waals surface area contributed by atoms with Crippen molar-refractivity contribution in [2.75, 3.05) is 0 Å². The highest BCUT2D eigenvalue weighted by Gasteiger charge is 2.18. The molecule has 1 aliphatic carbocycles. The molecule has 7 aromatic rings. The van der Waals surface area contributed by atoms with Crippen LogP contribution in [0.4, 0.5) is 0 Å². The minimum absolute atomic E-state index is 0.689. The Morgan fingerprint density at radius 1 is 0.558 bits per heavy atom. The summed E-state index contributed by atoms with van der Waals surface area (Å²) >= 11 is 0. The lowest BCUT2D eigenvalue weighted by molar-refractivity contribution is 0.888. The summed E-state index contributed by atoms with van der Waals surface area (Å²) in [4.78, 5) is 14.4. The highest BCUT2D eigenvalue weighted by molar-refractivity contribution is 5.93. The summed E-state index contributed by atoms with van der Waals surface area (Å²) in [5, 5.41) is 1.32. The number of hydrogen-bond acceptors (Lipinski definition) is 3. The van der Waals surface area contributed by atoms with Gasteiger partial charge in [-0.3, -0.25) is 4.98 Å². The largest absolute Gasteiger partial charge is 0.313 e. The second kappa shape index (κ2) is 10.7. The highest BCUT2D eigenvalue weighted by atomic mass is 15.0. The molecular weight excluding hydrogens is 524 g/mol. The van der Waals surface area contributed by atoms with Crippen molar-refractivity contribution in [3.8, 4) is 50.8 Å². The number of hydrogen-bond donors (Lipinski definition) is 0. The Morgan fingerprint density at radius 3 is 2.05 bits per heavy atom. The summed E-state index contributed by atoms with van der Waals surface area (Å²) in [6.07, 6.45) is 8.50. The van der Waals surface area contributed by atoms with Gasteiger partial charge in [-0.2, -0.15) is 0 Å². The molecule has 0 saturated carbocycles. The minimum atomic E-state index is 0.689. The molecule has 8 rings (SSSR count). The normalized spacial score (nSPS) is 12.4. The van der Waals surface area contributed by atoms with Gasteiger partial charge in [-0.1, -0.05) is 103 Å². The topological polar surface area (TPSA) is 43.6 Å². The molecule has 4 aromatic carbocycles. The van der Waals surface area contributed by atoms with Crippen LogP contribution in [-0.2, 0) is 6.42 Å². The van der Waals surface area contributed by atoms with E-state index in [0.29, 0.717) is 5.82 Å². The van der Waals surface area contributed by atoms with Gasteiger partial charge in [0.25, 0.3) is 0 Å². The van der Waals surface area contributed by atoms with Gasteiger partial charge in [0.15, 0.2) is 5.82 Å². The van der Waals surface area contributed by atoms with Gasteiger partial charge in [-0.15, -0.1) is 0 Å². The highest BCUT2D eigenvalue weighted by Crippen LogP contribution is 2.35. The zero-order chi connectivity index (χ0) is 28.6. The van der Waals surface area contributed by atoms with Crippen molar-refractivity contribution in [1.82, 2.24) is 19.5 Å². The molecule has 0 aliphatic heterocycles. The number of nitrogens with zero attached hydrogens (tertiary/aromatic N) is 4. The number of benzene rings is 4. The average molecular weight is 553 g/mol. The summed E-state index contributed by atoms with van der Waals surface area (Å²) in [6, 6.07) is 44.3. The number of aromatic nitrogens is 4. The van der Waals surface area contributed by atoms with Crippen molar-refractivity contribution in [2.45, 2.75) is 12.8 Å². The Bertz CT molecular complexity index is 2030. The van der Waals surface area contributed by atoms with Gasteiger partial charge in [0, 0.05) is 39.7 Å². The van der Waals surface area contributed by atoms with Crippen LogP contribution in [0.1, 0.15) is 17.7 Å². The Hall–Kier alpha value is -5.61. The molecule has 43 heavy (non-hydrogen) atoms. The van der Waals surface area contributed by atoms with Crippen molar-refractivity contribution >= 4 is 17.0 Å². The van der Waals surface area contributed by atoms with Gasteiger partial charge in [0.05, 0.1) is 22.6 Å². The molecule has 4 nitrogen and oxygen atoms in total. The Kier molecular flexibility index (Phi) is 6.23. The first-order valence-corrected chi connectivity index (χ1v) is 14.7. The summed E-state index contributed by atoms with van der Waals surface area (Å²) in [7, 11) is 0. The van der Waals surface area contributed by atoms with E-state index in [1.165, 1.54) is 39.0 Å². The molecule has 0 bridgehead atoms. The maximum absolute atomic E-state index is 4.96. The second-order valence-corrected chi connectivity index (χ2v) is 10.8. The molecule has 204 valence electrons. The van der Waals surface area contributed by atoms with E-state index in [0.717, 1.165) is 41.1 Å². The van der Waals surface area contributed by atoms with Crippen LogP contribution in [0.15, 0.2) is 140 Å². The van der Waals surface area contributed by atoms with E-state index < -0.39 is 0 Å². The van der Waals surface area contributed by atoms with Crippen LogP contribution >= 0.6 is 0 Å². The van der Waals surface area contributed by atoms with Crippen molar-refractivity contribution in [1.29, 1.82) is 0 Å². The third-order valence-electron chi connectivity index (χ3n) is 8.17. The fraction of sp³-hybridized carbons (Fsp3) is 0.0513. The summed E-state index contributed by atoms with van der Waals surface area (Å²) in [6.45, 7) is 0. The predicted octanol–water partition coefficient (Wildman–Crippen LogP) is 9.44. The molecule has 0 radical (unpaired) electrons. The Labute approximate surface area is 250 Å². The molecule has 0 fully saturated rings. The quantitative estimate of drug-likeness (QED) is 0.214. The first-order chi connectivity index (χ1) is 21.3. The molecule has 0 atom stereocenters. The average Bonchev–Trinajstić information content (AvgIpc) is 3.43. The number of rotatable bonds is 5. The van der Waals surface area contributed by atoms with Crippen LogP contribution in [0.5, 0.6) is 0 Å². The van der Waals surface area contributed by atoms with Gasteiger partial charge in [-0.05, 0) is 60.4 Å². The van der Waals surface area contributed by atoms with Gasteiger partial charge in [0.1, 0.15) is 0 Å². The van der Waals surface area contributed by atoms with E-state index in [9.17, 15) is 0 Å². The van der Waals surface area contributed by atoms with Crippen molar-refractivity contribution in [2.24, 2.45) is 0 Å². The van der Waals surface area contributed by atoms with Gasteiger partial charge in [-0.25, -0.2) is 9.97 Å². The molecule has 0 saturated heterocycles. The zero-order valence-electron chi connectivity index (χ0n) is 23.6. The van der Waals surface area contributed by atoms with Crippen LogP contribution in [0, 0.1) is 0 Å². The fourth-order valence-electron chi connectivity index (χ4n) is 6.06. The lowest BCUT2D eigenvalue weighted by Gasteiger charge is -2.14. The third kappa shape index (κ3) is 4.63. The van der Waals surface area contributed by atoms with E-state index in [2.05, 4.69) is 94.5 Å². The Balaban J connectivity index is 1.14. The monoisotopic (exact) mass is 552 g/mol. The maximum Gasteiger partial charge on any atom is 0.160 e. The maximum atomic E-state index is 4.96. The molecule has 3 aromatic heterocycles. The number of allylic oxidation sites excluding steroid dienone is 1. The van der Waals surface area contributed by atoms with Crippen molar-refractivity contribution in [3.63, 3.8) is 0 Å². The zero-order valence-corrected chi connectivity index (χ0v) is 23.6. The molecule has 0 amide bonds. The van der Waals surface area contributed by atoms with Crippen molar-refractivity contribution < 1.29 is 0 Å². The third-order valence-corrected chi connectivity index (χ3v) is 8.17. The molecule has 0 N–H and O–H groups in total. The van der Waals surface area contributed by atoms with Gasteiger partial charge >= 0.3 is 0 Å². The van der Waals surface area contributed by atoms with Crippen LogP contribution < -0.4 is 0 Å². The summed E-state index contributed by atoms with van der Waals surface area (Å²) in [5.74, 6) is 0.689. The predicted molar refractivity (Wildman–Crippen MR) is 176 cm³/mol. The van der Waals surface area contributed by atoms with Crippen LogP contribution in [0.2, 0.25) is 0 Å². The molecular formula is C39H28N4. The van der Waals surface area contributed by atoms with Crippen molar-refractivity contribution in [3.05, 3.63) is 151 Å². The van der Waals surface area contributed by atoms with Crippen LogP contribution in [0.3, 0.4) is 0 Å². The molecule has 4 heteroatoms. The molecule has 1 aliphatic rings. The first-order valence-electron chi connectivity index (χ1n) is 14.7. The van der Waals surface area contributed by atoms with Gasteiger partial charge < -0.3 is 4.57 Å². The number of pyridine rings is 1. The summed E-state index contributed by atoms with van der Waals surface area (Å²) < 4.78 is 2.43. The van der Waals surface area contributed by atoms with E-state index in [1.54, 1.807) is 6.20 Å². The standard InChI is InChI=1S/C39H28N4/c1-2-10-30(11-3-1)39-41-35(26-36(42-39)34-14-8-9-25-40-34)29-19-17-27(18-20-29)28-21-23-31(24-22-28)43-37-15-6-4-12-32(37)33-13-5-7-16-38(33)43/h1-6,8-15,17-26H,7,16H2. The van der Waals surface area contributed by atoms with E-state index in [-0.39, 0.29) is 0 Å². The number of para-hydroxylation sites is 1. The molecule has 0 unspecified atom stereocenters. The second-order valence-electron chi connectivity index (χ2n) is 10.8. The van der Waals surface area contributed by atoms with E-state index in [1.807, 2.05) is 54.6 Å². The fourth-order valence-corrected chi connectivity index (χ4v) is 6.06. The smallest absolute Gasteiger partial charge is 0.160 e. The lowest BCUT2D eigenvalue weighted by Crippen LogP contribution is -2.02. The van der Waals surface area contributed by atoms with Crippen LogP contribution in [-0.4, -0.2) is 19.5 Å². The lowest BCUT2D eigenvalue weighted by atomic mass is 10.0. The Morgan fingerprint density at radius 2 is 1.26 bits per heavy atom. The molecule has 3 heterocycles. The minimum Gasteiger partial charge on any atom is -0.313 e. The van der Waals surface area contributed by atoms with Gasteiger partial charge in [0.2, 0.25) is 0 Å². The van der Waals surface area contributed by atoms with E-state index >= 15 is 0 Å². The van der Waals surface area contributed by atoms with Crippen LogP contribution in [0.25, 0.3) is 67.8 Å². The summed E-state index contributed by atoms with van der Waals surface area (Å²) in [5.41, 5.74) is 12.1. The number of fused-ring (bicyclic) bond motifs is 3. The first kappa shape index (κ1) is 25.1. The van der Waals surface area contributed by atoms with E-state index in [4.69, 9.17) is 9.97 Å².